The molecule has 2 N–H and O–H groups in total. The number of nitrogens with two attached hydrogens (primary N) is 1. The zero-order chi connectivity index (χ0) is 10.7. The molecule has 2 rings (SSSR count). The topological polar surface area (TPSA) is 26.0 Å². The van der Waals surface area contributed by atoms with Gasteiger partial charge in [-0.15, -0.1) is 11.8 Å². The third-order valence-electron chi connectivity index (χ3n) is 3.36. The predicted molar refractivity (Wildman–Crippen MR) is 67.4 cm³/mol. The molecule has 0 saturated heterocycles. The fourth-order valence-electron chi connectivity index (χ4n) is 2.33. The second-order valence-electron chi connectivity index (χ2n) is 4.38. The van der Waals surface area contributed by atoms with Crippen molar-refractivity contribution in [3.05, 3.63) is 29.8 Å². The average Bonchev–Trinajstić information content (AvgIpc) is 2.30. The summed E-state index contributed by atoms with van der Waals surface area (Å²) in [5, 5.41) is 0. The van der Waals surface area contributed by atoms with Crippen LogP contribution in [0.25, 0.3) is 0 Å². The Labute approximate surface area is 96.4 Å². The molecule has 0 aliphatic heterocycles. The van der Waals surface area contributed by atoms with Gasteiger partial charge in [-0.25, -0.2) is 0 Å². The van der Waals surface area contributed by atoms with Crippen LogP contribution in [0.4, 0.5) is 0 Å². The van der Waals surface area contributed by atoms with E-state index in [4.69, 9.17) is 5.73 Å². The van der Waals surface area contributed by atoms with Crippen molar-refractivity contribution in [2.75, 3.05) is 6.26 Å². The van der Waals surface area contributed by atoms with E-state index in [0.717, 1.165) is 5.92 Å². The third-order valence-corrected chi connectivity index (χ3v) is 4.10. The number of rotatable bonds is 2. The van der Waals surface area contributed by atoms with Gasteiger partial charge in [0.2, 0.25) is 0 Å². The van der Waals surface area contributed by atoms with Crippen LogP contribution >= 0.6 is 11.8 Å². The molecule has 15 heavy (non-hydrogen) atoms. The first-order valence-electron chi connectivity index (χ1n) is 5.69. The van der Waals surface area contributed by atoms with Gasteiger partial charge in [-0.2, -0.15) is 0 Å². The standard InChI is InChI=1S/C13H19NS/c1-15-13-8-4-11(5-9-13)10-2-6-12(14)7-3-10/h4-5,8-10,12H,2-3,6-7,14H2,1H3. The highest BCUT2D eigenvalue weighted by molar-refractivity contribution is 7.98. The molecule has 0 unspecified atom stereocenters. The number of hydrogen-bond donors (Lipinski definition) is 1. The van der Waals surface area contributed by atoms with E-state index in [0.29, 0.717) is 6.04 Å². The van der Waals surface area contributed by atoms with Crippen molar-refractivity contribution in [2.45, 2.75) is 42.5 Å². The van der Waals surface area contributed by atoms with E-state index < -0.39 is 0 Å². The molecule has 2 heteroatoms. The van der Waals surface area contributed by atoms with Crippen LogP contribution in [0, 0.1) is 0 Å². The third kappa shape index (κ3) is 2.76. The summed E-state index contributed by atoms with van der Waals surface area (Å²) < 4.78 is 0. The Bertz CT molecular complexity index is 299. The molecule has 0 amide bonds. The van der Waals surface area contributed by atoms with Crippen LogP contribution in [0.5, 0.6) is 0 Å². The molecule has 0 radical (unpaired) electrons. The molecule has 0 heterocycles. The fourth-order valence-corrected chi connectivity index (χ4v) is 2.74. The SMILES string of the molecule is CSc1ccc(C2CCC(N)CC2)cc1. The van der Waals surface area contributed by atoms with Gasteiger partial charge in [-0.3, -0.25) is 0 Å². The highest BCUT2D eigenvalue weighted by Crippen LogP contribution is 2.32. The van der Waals surface area contributed by atoms with E-state index in [1.54, 1.807) is 11.8 Å². The van der Waals surface area contributed by atoms with E-state index in [9.17, 15) is 0 Å². The molecule has 1 aliphatic rings. The summed E-state index contributed by atoms with van der Waals surface area (Å²) in [5.74, 6) is 0.751. The Morgan fingerprint density at radius 3 is 2.20 bits per heavy atom. The lowest BCUT2D eigenvalue weighted by molar-refractivity contribution is 0.395. The monoisotopic (exact) mass is 221 g/mol. The summed E-state index contributed by atoms with van der Waals surface area (Å²) in [4.78, 5) is 1.35. The molecule has 1 aliphatic carbocycles. The van der Waals surface area contributed by atoms with Gasteiger partial charge < -0.3 is 5.73 Å². The van der Waals surface area contributed by atoms with Crippen LogP contribution in [0.15, 0.2) is 29.2 Å². The molecule has 1 aromatic carbocycles. The van der Waals surface area contributed by atoms with Gasteiger partial charge >= 0.3 is 0 Å². The Hall–Kier alpha value is -0.470. The van der Waals surface area contributed by atoms with Crippen LogP contribution < -0.4 is 5.73 Å². The molecule has 1 fully saturated rings. The van der Waals surface area contributed by atoms with Crippen molar-refractivity contribution < 1.29 is 0 Å². The van der Waals surface area contributed by atoms with E-state index in [1.165, 1.54) is 36.1 Å². The van der Waals surface area contributed by atoms with Crippen molar-refractivity contribution in [3.63, 3.8) is 0 Å². The first-order valence-corrected chi connectivity index (χ1v) is 6.91. The molecular formula is C13H19NS. The van der Waals surface area contributed by atoms with Crippen molar-refractivity contribution in [1.29, 1.82) is 0 Å². The maximum absolute atomic E-state index is 5.92. The van der Waals surface area contributed by atoms with Gasteiger partial charge in [0.15, 0.2) is 0 Å². The summed E-state index contributed by atoms with van der Waals surface area (Å²) in [6, 6.07) is 9.48. The predicted octanol–water partition coefficient (Wildman–Crippen LogP) is 3.39. The molecule has 0 aromatic heterocycles. The summed E-state index contributed by atoms with van der Waals surface area (Å²) in [6.45, 7) is 0. The molecule has 1 saturated carbocycles. The Morgan fingerprint density at radius 2 is 1.67 bits per heavy atom. The minimum atomic E-state index is 0.451. The number of thioether (sulfide) groups is 1. The maximum atomic E-state index is 5.92. The minimum absolute atomic E-state index is 0.451. The zero-order valence-corrected chi connectivity index (χ0v) is 10.1. The van der Waals surface area contributed by atoms with Crippen LogP contribution in [0.3, 0.4) is 0 Å². The largest absolute Gasteiger partial charge is 0.328 e. The van der Waals surface area contributed by atoms with Gasteiger partial charge in [-0.1, -0.05) is 12.1 Å². The van der Waals surface area contributed by atoms with Crippen LogP contribution in [-0.2, 0) is 0 Å². The normalized spacial score (nSPS) is 26.5. The van der Waals surface area contributed by atoms with Crippen LogP contribution in [0.1, 0.15) is 37.2 Å². The van der Waals surface area contributed by atoms with Gasteiger partial charge in [0, 0.05) is 10.9 Å². The highest BCUT2D eigenvalue weighted by Gasteiger charge is 2.19. The average molecular weight is 221 g/mol. The van der Waals surface area contributed by atoms with E-state index >= 15 is 0 Å². The van der Waals surface area contributed by atoms with Crippen LogP contribution in [0.2, 0.25) is 0 Å². The van der Waals surface area contributed by atoms with Gasteiger partial charge in [0.1, 0.15) is 0 Å². The van der Waals surface area contributed by atoms with E-state index in [1.807, 2.05) is 0 Å². The molecule has 0 atom stereocenters. The number of benzene rings is 1. The molecule has 82 valence electrons. The summed E-state index contributed by atoms with van der Waals surface area (Å²) >= 11 is 1.80. The van der Waals surface area contributed by atoms with Crippen LogP contribution in [-0.4, -0.2) is 12.3 Å². The molecule has 0 spiro atoms. The quantitative estimate of drug-likeness (QED) is 0.775. The lowest BCUT2D eigenvalue weighted by Gasteiger charge is -2.26. The first-order chi connectivity index (χ1) is 7.29. The summed E-state index contributed by atoms with van der Waals surface area (Å²) in [6.07, 6.45) is 7.03. The fraction of sp³-hybridized carbons (Fsp3) is 0.538. The second kappa shape index (κ2) is 5.04. The van der Waals surface area contributed by atoms with Crippen molar-refractivity contribution >= 4 is 11.8 Å². The first kappa shape index (κ1) is 11.0. The highest BCUT2D eigenvalue weighted by atomic mass is 32.2. The van der Waals surface area contributed by atoms with Crippen molar-refractivity contribution in [3.8, 4) is 0 Å². The van der Waals surface area contributed by atoms with Crippen molar-refractivity contribution in [2.24, 2.45) is 5.73 Å². The molecule has 0 bridgehead atoms. The summed E-state index contributed by atoms with van der Waals surface area (Å²) in [5.41, 5.74) is 7.42. The minimum Gasteiger partial charge on any atom is -0.328 e. The van der Waals surface area contributed by atoms with Gasteiger partial charge in [0.05, 0.1) is 0 Å². The Balaban J connectivity index is 2.03. The van der Waals surface area contributed by atoms with Gasteiger partial charge in [0.25, 0.3) is 0 Å². The molecular weight excluding hydrogens is 202 g/mol. The second-order valence-corrected chi connectivity index (χ2v) is 5.26. The smallest absolute Gasteiger partial charge is 0.00693 e. The Kier molecular flexibility index (Phi) is 3.71. The van der Waals surface area contributed by atoms with E-state index in [2.05, 4.69) is 30.5 Å². The zero-order valence-electron chi connectivity index (χ0n) is 9.28. The number of hydrogen-bond acceptors (Lipinski definition) is 2. The lowest BCUT2D eigenvalue weighted by Crippen LogP contribution is -2.25. The maximum Gasteiger partial charge on any atom is 0.00693 e. The van der Waals surface area contributed by atoms with Crippen molar-refractivity contribution in [1.82, 2.24) is 0 Å². The van der Waals surface area contributed by atoms with E-state index in [-0.39, 0.29) is 0 Å². The van der Waals surface area contributed by atoms with Gasteiger partial charge in [-0.05, 0) is 55.6 Å². The molecule has 1 aromatic rings. The Morgan fingerprint density at radius 1 is 1.07 bits per heavy atom. The molecule has 1 nitrogen and oxygen atoms in total. The summed E-state index contributed by atoms with van der Waals surface area (Å²) in [7, 11) is 0. The lowest BCUT2D eigenvalue weighted by atomic mass is 9.82.